The highest BCUT2D eigenvalue weighted by molar-refractivity contribution is 5.70. The predicted octanol–water partition coefficient (Wildman–Crippen LogP) is 4.66. The van der Waals surface area contributed by atoms with Crippen molar-refractivity contribution in [3.05, 3.63) is 70.3 Å². The molecule has 6 heteroatoms. The van der Waals surface area contributed by atoms with Crippen LogP contribution in [0.5, 0.6) is 0 Å². The molecule has 2 aromatic carbocycles. The molecule has 1 heterocycles. The number of likely N-dealkylation sites (tertiary alicyclic amines) is 1. The van der Waals surface area contributed by atoms with E-state index in [0.717, 1.165) is 35.2 Å². The summed E-state index contributed by atoms with van der Waals surface area (Å²) >= 11 is 0. The van der Waals surface area contributed by atoms with Crippen molar-refractivity contribution in [2.24, 2.45) is 5.92 Å². The minimum Gasteiger partial charge on any atom is -0.481 e. The van der Waals surface area contributed by atoms with Crippen molar-refractivity contribution in [3.8, 4) is 0 Å². The van der Waals surface area contributed by atoms with Crippen molar-refractivity contribution >= 4 is 5.97 Å². The van der Waals surface area contributed by atoms with Gasteiger partial charge in [0.1, 0.15) is 17.2 Å². The summed E-state index contributed by atoms with van der Waals surface area (Å²) < 4.78 is 33.9. The number of ether oxygens (including phenoxy) is 1. The fourth-order valence-corrected chi connectivity index (χ4v) is 4.46. The first-order chi connectivity index (χ1) is 14.2. The highest BCUT2D eigenvalue weighted by Gasteiger charge is 2.34. The zero-order valence-electron chi connectivity index (χ0n) is 17.8. The van der Waals surface area contributed by atoms with Crippen molar-refractivity contribution in [1.82, 2.24) is 4.90 Å². The van der Waals surface area contributed by atoms with Crippen molar-refractivity contribution in [2.75, 3.05) is 26.2 Å². The SMILES string of the molecule is Cc1cc(F)ccc1C(C)(OCCN1CCC[C@@H](C(=O)O)C1)c1ccc(F)cc1C. The molecule has 0 bridgehead atoms. The second-order valence-electron chi connectivity index (χ2n) is 8.28. The largest absolute Gasteiger partial charge is 0.481 e. The predicted molar refractivity (Wildman–Crippen MR) is 111 cm³/mol. The lowest BCUT2D eigenvalue weighted by atomic mass is 9.83. The Bertz CT molecular complexity index is 864. The van der Waals surface area contributed by atoms with E-state index >= 15 is 0 Å². The fourth-order valence-electron chi connectivity index (χ4n) is 4.46. The summed E-state index contributed by atoms with van der Waals surface area (Å²) in [6, 6.07) is 9.19. The van der Waals surface area contributed by atoms with Crippen LogP contribution < -0.4 is 0 Å². The van der Waals surface area contributed by atoms with Crippen LogP contribution in [0.3, 0.4) is 0 Å². The third kappa shape index (κ3) is 4.87. The number of carboxylic acid groups (broad SMARTS) is 1. The topological polar surface area (TPSA) is 49.8 Å². The van der Waals surface area contributed by atoms with Gasteiger partial charge in [0.15, 0.2) is 0 Å². The molecule has 0 unspecified atom stereocenters. The number of piperidine rings is 1. The van der Waals surface area contributed by atoms with Gasteiger partial charge in [-0.15, -0.1) is 0 Å². The van der Waals surface area contributed by atoms with Crippen LogP contribution in [0.15, 0.2) is 36.4 Å². The van der Waals surface area contributed by atoms with E-state index in [4.69, 9.17) is 4.74 Å². The lowest BCUT2D eigenvalue weighted by Crippen LogP contribution is -2.41. The van der Waals surface area contributed by atoms with Crippen LogP contribution in [0.1, 0.15) is 42.0 Å². The summed E-state index contributed by atoms with van der Waals surface area (Å²) in [6.45, 7) is 7.91. The van der Waals surface area contributed by atoms with E-state index in [-0.39, 0.29) is 17.6 Å². The second-order valence-corrected chi connectivity index (χ2v) is 8.28. The van der Waals surface area contributed by atoms with E-state index in [0.29, 0.717) is 26.1 Å². The first kappa shape index (κ1) is 22.4. The van der Waals surface area contributed by atoms with Gasteiger partial charge >= 0.3 is 5.97 Å². The van der Waals surface area contributed by atoms with Crippen molar-refractivity contribution < 1.29 is 23.4 Å². The molecule has 1 aliphatic rings. The van der Waals surface area contributed by atoms with Crippen LogP contribution in [-0.4, -0.2) is 42.2 Å². The number of halogens is 2. The van der Waals surface area contributed by atoms with Gasteiger partial charge in [0, 0.05) is 13.1 Å². The molecule has 4 nitrogen and oxygen atoms in total. The third-order valence-corrected chi connectivity index (χ3v) is 6.06. The first-order valence-electron chi connectivity index (χ1n) is 10.3. The molecule has 162 valence electrons. The van der Waals surface area contributed by atoms with Crippen LogP contribution in [0.25, 0.3) is 0 Å². The van der Waals surface area contributed by atoms with Gasteiger partial charge in [0.05, 0.1) is 12.5 Å². The lowest BCUT2D eigenvalue weighted by Gasteiger charge is -2.36. The number of carboxylic acids is 1. The normalized spacial score (nSPS) is 17.8. The minimum atomic E-state index is -0.891. The Morgan fingerprint density at radius 2 is 1.70 bits per heavy atom. The average molecular weight is 417 g/mol. The van der Waals surface area contributed by atoms with E-state index in [1.165, 1.54) is 24.3 Å². The summed E-state index contributed by atoms with van der Waals surface area (Å²) in [6.07, 6.45) is 1.55. The number of benzene rings is 2. The standard InChI is InChI=1S/C24H29F2NO3/c1-16-13-19(25)6-8-21(16)24(3,22-9-7-20(26)14-17(22)2)30-12-11-27-10-4-5-18(15-27)23(28)29/h6-9,13-14,18H,4-5,10-12,15H2,1-3H3,(H,28,29)/t18-/m1/s1. The molecule has 2 aromatic rings. The number of aryl methyl sites for hydroxylation is 2. The van der Waals surface area contributed by atoms with Gasteiger partial charge in [-0.25, -0.2) is 8.78 Å². The molecule has 0 spiro atoms. The van der Waals surface area contributed by atoms with Crippen LogP contribution in [-0.2, 0) is 15.1 Å². The Kier molecular flexibility index (Phi) is 6.88. The summed E-state index contributed by atoms with van der Waals surface area (Å²) in [5.41, 5.74) is 2.26. The molecule has 0 aliphatic carbocycles. The smallest absolute Gasteiger partial charge is 0.307 e. The molecule has 1 N–H and O–H groups in total. The molecular formula is C24H29F2NO3. The first-order valence-corrected chi connectivity index (χ1v) is 10.3. The number of nitrogens with zero attached hydrogens (tertiary/aromatic N) is 1. The van der Waals surface area contributed by atoms with Crippen molar-refractivity contribution in [2.45, 2.75) is 39.2 Å². The lowest BCUT2D eigenvalue weighted by molar-refractivity contribution is -0.143. The maximum atomic E-state index is 13.7. The monoisotopic (exact) mass is 417 g/mol. The Hall–Kier alpha value is -2.31. The van der Waals surface area contributed by atoms with Gasteiger partial charge < -0.3 is 14.7 Å². The summed E-state index contributed by atoms with van der Waals surface area (Å²) in [4.78, 5) is 13.4. The number of hydrogen-bond acceptors (Lipinski definition) is 3. The van der Waals surface area contributed by atoms with Gasteiger partial charge in [-0.2, -0.15) is 0 Å². The van der Waals surface area contributed by atoms with E-state index in [9.17, 15) is 18.7 Å². The van der Waals surface area contributed by atoms with Gasteiger partial charge in [0.2, 0.25) is 0 Å². The second kappa shape index (κ2) is 9.23. The summed E-state index contributed by atoms with van der Waals surface area (Å²) in [7, 11) is 0. The molecule has 3 rings (SSSR count). The maximum Gasteiger partial charge on any atom is 0.307 e. The number of rotatable bonds is 7. The van der Waals surface area contributed by atoms with Crippen LogP contribution >= 0.6 is 0 Å². The zero-order valence-corrected chi connectivity index (χ0v) is 17.8. The Labute approximate surface area is 176 Å². The zero-order chi connectivity index (χ0) is 21.9. The molecule has 0 amide bonds. The number of hydrogen-bond donors (Lipinski definition) is 1. The van der Waals surface area contributed by atoms with Crippen LogP contribution in [0, 0.1) is 31.4 Å². The quantitative estimate of drug-likeness (QED) is 0.712. The van der Waals surface area contributed by atoms with Crippen molar-refractivity contribution in [1.29, 1.82) is 0 Å². The van der Waals surface area contributed by atoms with E-state index in [1.54, 1.807) is 12.1 Å². The molecule has 1 fully saturated rings. The average Bonchev–Trinajstić information content (AvgIpc) is 2.68. The molecule has 0 aromatic heterocycles. The summed E-state index contributed by atoms with van der Waals surface area (Å²) in [5, 5.41) is 9.29. The van der Waals surface area contributed by atoms with Gasteiger partial charge in [-0.1, -0.05) is 12.1 Å². The highest BCUT2D eigenvalue weighted by atomic mass is 19.1. The van der Waals surface area contributed by atoms with Gasteiger partial charge in [0.25, 0.3) is 0 Å². The van der Waals surface area contributed by atoms with E-state index in [2.05, 4.69) is 4.90 Å². The Morgan fingerprint density at radius 3 is 2.20 bits per heavy atom. The Balaban J connectivity index is 1.84. The van der Waals surface area contributed by atoms with Gasteiger partial charge in [-0.3, -0.25) is 4.79 Å². The maximum absolute atomic E-state index is 13.7. The molecule has 1 atom stereocenters. The molecule has 1 aliphatic heterocycles. The fraction of sp³-hybridized carbons (Fsp3) is 0.458. The van der Waals surface area contributed by atoms with E-state index < -0.39 is 11.6 Å². The van der Waals surface area contributed by atoms with Crippen LogP contribution in [0.2, 0.25) is 0 Å². The number of aliphatic carboxylic acids is 1. The molecule has 0 saturated carbocycles. The number of carbonyl (C=O) groups is 1. The minimum absolute atomic E-state index is 0.317. The van der Waals surface area contributed by atoms with E-state index in [1.807, 2.05) is 20.8 Å². The molecular weight excluding hydrogens is 388 g/mol. The van der Waals surface area contributed by atoms with Crippen molar-refractivity contribution in [3.63, 3.8) is 0 Å². The third-order valence-electron chi connectivity index (χ3n) is 6.06. The molecule has 30 heavy (non-hydrogen) atoms. The molecule has 0 radical (unpaired) electrons. The Morgan fingerprint density at radius 1 is 1.13 bits per heavy atom. The molecule has 1 saturated heterocycles. The summed E-state index contributed by atoms with van der Waals surface area (Å²) in [5.74, 6) is -1.73. The highest BCUT2D eigenvalue weighted by Crippen LogP contribution is 2.37. The van der Waals surface area contributed by atoms with Crippen LogP contribution in [0.4, 0.5) is 8.78 Å². The van der Waals surface area contributed by atoms with Gasteiger partial charge in [-0.05, 0) is 86.7 Å².